The predicted molar refractivity (Wildman–Crippen MR) is 70.0 cm³/mol. The third-order valence-corrected chi connectivity index (χ3v) is 2.38. The number of hydrogen-bond acceptors (Lipinski definition) is 3. The molecule has 0 amide bonds. The third kappa shape index (κ3) is 3.70. The predicted octanol–water partition coefficient (Wildman–Crippen LogP) is 3.41. The van der Waals surface area contributed by atoms with Crippen LogP contribution in [-0.4, -0.2) is 17.9 Å². The van der Waals surface area contributed by atoms with E-state index in [4.69, 9.17) is 0 Å². The summed E-state index contributed by atoms with van der Waals surface area (Å²) in [7, 11) is 0.500. The number of benzene rings is 2. The number of nitro benzene ring substituents is 1. The summed E-state index contributed by atoms with van der Waals surface area (Å²) in [5.74, 6) is -0.138. The van der Waals surface area contributed by atoms with Gasteiger partial charge in [0, 0.05) is 23.3 Å². The molecule has 0 bridgehead atoms. The molecule has 0 saturated carbocycles. The summed E-state index contributed by atoms with van der Waals surface area (Å²) in [6.07, 6.45) is 0. The van der Waals surface area contributed by atoms with Gasteiger partial charge >= 0.3 is 0 Å². The highest BCUT2D eigenvalue weighted by molar-refractivity contribution is 6.09. The molecule has 0 N–H and O–H groups in total. The molecule has 0 aliphatic carbocycles. The summed E-state index contributed by atoms with van der Waals surface area (Å²) in [6, 6.07) is 14.4. The molecule has 2 rings (SSSR count). The van der Waals surface area contributed by atoms with Crippen molar-refractivity contribution in [2.75, 3.05) is 7.18 Å². The van der Waals surface area contributed by atoms with Crippen LogP contribution in [0.3, 0.4) is 0 Å². The van der Waals surface area contributed by atoms with Gasteiger partial charge in [-0.1, -0.05) is 30.3 Å². The first-order valence-electron chi connectivity index (χ1n) is 5.40. The third-order valence-electron chi connectivity index (χ3n) is 2.38. The lowest BCUT2D eigenvalue weighted by molar-refractivity contribution is -0.384. The highest BCUT2D eigenvalue weighted by atomic mass is 19.1. The van der Waals surface area contributed by atoms with Crippen LogP contribution in [-0.2, 0) is 0 Å². The van der Waals surface area contributed by atoms with Gasteiger partial charge < -0.3 is 0 Å². The topological polar surface area (TPSA) is 60.2 Å². The van der Waals surface area contributed by atoms with E-state index in [0.29, 0.717) is 18.3 Å². The second kappa shape index (κ2) is 7.00. The number of halogens is 1. The molecule has 0 spiro atoms. The van der Waals surface area contributed by atoms with Crippen LogP contribution in [0.1, 0.15) is 15.9 Å². The molecular formula is C14H12FNO3. The summed E-state index contributed by atoms with van der Waals surface area (Å²) in [5, 5.41) is 10.5. The fraction of sp³-hybridized carbons (Fsp3) is 0.0714. The van der Waals surface area contributed by atoms with Crippen LogP contribution in [0.25, 0.3) is 0 Å². The van der Waals surface area contributed by atoms with E-state index >= 15 is 0 Å². The summed E-state index contributed by atoms with van der Waals surface area (Å²) in [4.78, 5) is 21.9. The lowest BCUT2D eigenvalue weighted by atomic mass is 10.0. The van der Waals surface area contributed by atoms with Gasteiger partial charge in [-0.05, 0) is 12.1 Å². The average Bonchev–Trinajstić information content (AvgIpc) is 2.49. The molecule has 0 unspecified atom stereocenters. The average molecular weight is 261 g/mol. The van der Waals surface area contributed by atoms with Crippen molar-refractivity contribution in [1.29, 1.82) is 0 Å². The number of rotatable bonds is 3. The highest BCUT2D eigenvalue weighted by Gasteiger charge is 2.10. The van der Waals surface area contributed by atoms with Crippen LogP contribution in [0, 0.1) is 10.1 Å². The minimum absolute atomic E-state index is 0.0189. The maximum Gasteiger partial charge on any atom is 0.269 e. The second-order valence-electron chi connectivity index (χ2n) is 3.50. The molecule has 5 heteroatoms. The summed E-state index contributed by atoms with van der Waals surface area (Å²) < 4.78 is 9.50. The van der Waals surface area contributed by atoms with Crippen molar-refractivity contribution in [3.05, 3.63) is 75.8 Å². The van der Waals surface area contributed by atoms with Crippen molar-refractivity contribution in [1.82, 2.24) is 0 Å². The minimum atomic E-state index is -0.489. The SMILES string of the molecule is CF.O=C(c1ccccc1)c1ccc([N+](=O)[O-])cc1. The summed E-state index contributed by atoms with van der Waals surface area (Å²) in [5.41, 5.74) is 0.998. The van der Waals surface area contributed by atoms with Crippen molar-refractivity contribution in [2.45, 2.75) is 0 Å². The van der Waals surface area contributed by atoms with Crippen LogP contribution in [0.5, 0.6) is 0 Å². The molecular weight excluding hydrogens is 249 g/mol. The van der Waals surface area contributed by atoms with Gasteiger partial charge in [0.25, 0.3) is 5.69 Å². The Kier molecular flexibility index (Phi) is 5.35. The number of carbonyl (C=O) groups is 1. The normalized spacial score (nSPS) is 9.16. The Balaban J connectivity index is 0.000000861. The molecule has 0 saturated heterocycles. The monoisotopic (exact) mass is 261 g/mol. The zero-order chi connectivity index (χ0) is 14.3. The van der Waals surface area contributed by atoms with Gasteiger partial charge in [-0.25, -0.2) is 0 Å². The highest BCUT2D eigenvalue weighted by Crippen LogP contribution is 2.15. The number of ketones is 1. The molecule has 0 heterocycles. The number of alkyl halides is 1. The Bertz CT molecular complexity index is 553. The quantitative estimate of drug-likeness (QED) is 0.483. The molecule has 0 atom stereocenters. The second-order valence-corrected chi connectivity index (χ2v) is 3.50. The molecule has 0 radical (unpaired) electrons. The van der Waals surface area contributed by atoms with E-state index in [1.165, 1.54) is 24.3 Å². The van der Waals surface area contributed by atoms with E-state index in [2.05, 4.69) is 0 Å². The van der Waals surface area contributed by atoms with Crippen molar-refractivity contribution in [2.24, 2.45) is 0 Å². The molecule has 98 valence electrons. The number of carbonyl (C=O) groups excluding carboxylic acids is 1. The molecule has 0 aliphatic rings. The molecule has 19 heavy (non-hydrogen) atoms. The number of nitrogens with zero attached hydrogens (tertiary/aromatic N) is 1. The van der Waals surface area contributed by atoms with Crippen molar-refractivity contribution >= 4 is 11.5 Å². The van der Waals surface area contributed by atoms with Crippen LogP contribution in [0.15, 0.2) is 54.6 Å². The van der Waals surface area contributed by atoms with Crippen LogP contribution in [0.4, 0.5) is 10.1 Å². The van der Waals surface area contributed by atoms with E-state index in [9.17, 15) is 19.3 Å². The largest absolute Gasteiger partial charge is 0.289 e. The van der Waals surface area contributed by atoms with E-state index in [0.717, 1.165) is 0 Å². The Morgan fingerprint density at radius 1 is 0.947 bits per heavy atom. The first kappa shape index (κ1) is 14.5. The lowest BCUT2D eigenvalue weighted by Gasteiger charge is -2.00. The van der Waals surface area contributed by atoms with Gasteiger partial charge in [0.05, 0.1) is 12.1 Å². The van der Waals surface area contributed by atoms with Gasteiger partial charge in [0.2, 0.25) is 0 Å². The van der Waals surface area contributed by atoms with Crippen LogP contribution in [0.2, 0.25) is 0 Å². The van der Waals surface area contributed by atoms with E-state index in [1.54, 1.807) is 24.3 Å². The van der Waals surface area contributed by atoms with Crippen LogP contribution < -0.4 is 0 Å². The molecule has 2 aromatic carbocycles. The maximum atomic E-state index is 12.0. The van der Waals surface area contributed by atoms with Gasteiger partial charge in [0.1, 0.15) is 0 Å². The summed E-state index contributed by atoms with van der Waals surface area (Å²) >= 11 is 0. The van der Waals surface area contributed by atoms with Gasteiger partial charge in [-0.15, -0.1) is 0 Å². The fourth-order valence-electron chi connectivity index (χ4n) is 1.49. The number of non-ortho nitro benzene ring substituents is 1. The van der Waals surface area contributed by atoms with E-state index < -0.39 is 4.92 Å². The maximum absolute atomic E-state index is 12.0. The van der Waals surface area contributed by atoms with Crippen molar-refractivity contribution < 1.29 is 14.1 Å². The fourth-order valence-corrected chi connectivity index (χ4v) is 1.49. The summed E-state index contributed by atoms with van der Waals surface area (Å²) in [6.45, 7) is 0. The zero-order valence-corrected chi connectivity index (χ0v) is 10.2. The van der Waals surface area contributed by atoms with Gasteiger partial charge in [-0.2, -0.15) is 0 Å². The minimum Gasteiger partial charge on any atom is -0.289 e. The molecule has 0 aliphatic heterocycles. The smallest absolute Gasteiger partial charge is 0.269 e. The van der Waals surface area contributed by atoms with Crippen molar-refractivity contribution in [3.63, 3.8) is 0 Å². The van der Waals surface area contributed by atoms with Gasteiger partial charge in [0.15, 0.2) is 5.78 Å². The Hall–Kier alpha value is -2.56. The van der Waals surface area contributed by atoms with E-state index in [-0.39, 0.29) is 11.5 Å². The standard InChI is InChI=1S/C13H9NO3.CH3F/c15-13(10-4-2-1-3-5-10)11-6-8-12(9-7-11)14(16)17;1-2/h1-9H;1H3. The molecule has 0 aromatic heterocycles. The molecule has 2 aromatic rings. The Morgan fingerprint density at radius 2 is 1.42 bits per heavy atom. The Morgan fingerprint density at radius 3 is 1.89 bits per heavy atom. The number of nitro groups is 1. The molecule has 4 nitrogen and oxygen atoms in total. The van der Waals surface area contributed by atoms with E-state index in [1.807, 2.05) is 6.07 Å². The molecule has 0 fully saturated rings. The first-order valence-corrected chi connectivity index (χ1v) is 5.40. The zero-order valence-electron chi connectivity index (χ0n) is 10.2. The number of hydrogen-bond donors (Lipinski definition) is 0. The lowest BCUT2D eigenvalue weighted by Crippen LogP contribution is -2.00. The van der Waals surface area contributed by atoms with Crippen LogP contribution >= 0.6 is 0 Å². The van der Waals surface area contributed by atoms with Gasteiger partial charge in [-0.3, -0.25) is 19.3 Å². The van der Waals surface area contributed by atoms with Crippen molar-refractivity contribution in [3.8, 4) is 0 Å². The Labute approximate surface area is 109 Å². The first-order chi connectivity index (χ1) is 9.18.